The molecule has 1 heterocycles. The number of nitrogens with zero attached hydrogens (tertiary/aromatic N) is 1. The third kappa shape index (κ3) is 3.37. The number of nitrogens with one attached hydrogen (secondary N) is 1. The van der Waals surface area contributed by atoms with E-state index in [1.807, 2.05) is 0 Å². The van der Waals surface area contributed by atoms with Crippen LogP contribution < -0.4 is 19.7 Å². The summed E-state index contributed by atoms with van der Waals surface area (Å²) >= 11 is 0. The Morgan fingerprint density at radius 1 is 0.800 bits per heavy atom. The van der Waals surface area contributed by atoms with E-state index in [0.717, 1.165) is 4.90 Å². The van der Waals surface area contributed by atoms with Gasteiger partial charge >= 0.3 is 0 Å². The molecule has 0 saturated heterocycles. The van der Waals surface area contributed by atoms with Crippen molar-refractivity contribution in [1.82, 2.24) is 0 Å². The highest BCUT2D eigenvalue weighted by atomic mass is 16.5. The van der Waals surface area contributed by atoms with Crippen LogP contribution in [-0.4, -0.2) is 31.9 Å². The smallest absolute Gasteiger partial charge is 0.266 e. The Kier molecular flexibility index (Phi) is 4.93. The Morgan fingerprint density at radius 3 is 1.83 bits per heavy atom. The number of fused-ring (bicyclic) bond motifs is 1. The van der Waals surface area contributed by atoms with Gasteiger partial charge in [0.2, 0.25) is 0 Å². The molecule has 3 aromatic rings. The van der Waals surface area contributed by atoms with Crippen LogP contribution in [0.4, 0.5) is 11.4 Å². The quantitative estimate of drug-likeness (QED) is 0.657. The highest BCUT2D eigenvalue weighted by Gasteiger charge is 2.36. The zero-order valence-electron chi connectivity index (χ0n) is 16.3. The molecule has 0 aromatic heterocycles. The van der Waals surface area contributed by atoms with Crippen LogP contribution in [-0.2, 0) is 0 Å². The van der Waals surface area contributed by atoms with E-state index in [1.165, 1.54) is 14.2 Å². The molecule has 30 heavy (non-hydrogen) atoms. The second-order valence-corrected chi connectivity index (χ2v) is 6.59. The molecule has 7 heteroatoms. The fourth-order valence-electron chi connectivity index (χ4n) is 3.26. The van der Waals surface area contributed by atoms with Crippen molar-refractivity contribution in [2.45, 2.75) is 0 Å². The van der Waals surface area contributed by atoms with Crippen molar-refractivity contribution >= 4 is 29.1 Å². The summed E-state index contributed by atoms with van der Waals surface area (Å²) in [5.41, 5.74) is 2.08. The van der Waals surface area contributed by atoms with Crippen LogP contribution in [0.15, 0.2) is 66.7 Å². The fourth-order valence-corrected chi connectivity index (χ4v) is 3.26. The van der Waals surface area contributed by atoms with Crippen LogP contribution in [0.5, 0.6) is 11.5 Å². The van der Waals surface area contributed by atoms with Gasteiger partial charge in [-0.05, 0) is 48.5 Å². The summed E-state index contributed by atoms with van der Waals surface area (Å²) in [5.74, 6) is -0.0756. The molecule has 1 N–H and O–H groups in total. The number of benzene rings is 3. The van der Waals surface area contributed by atoms with Crippen LogP contribution in [0.3, 0.4) is 0 Å². The Morgan fingerprint density at radius 2 is 1.33 bits per heavy atom. The van der Waals surface area contributed by atoms with Gasteiger partial charge in [0.15, 0.2) is 0 Å². The van der Waals surface area contributed by atoms with Crippen LogP contribution in [0.25, 0.3) is 0 Å². The van der Waals surface area contributed by atoms with Crippen molar-refractivity contribution in [2.75, 3.05) is 24.4 Å². The number of anilines is 2. The van der Waals surface area contributed by atoms with Crippen molar-refractivity contribution < 1.29 is 23.9 Å². The first-order chi connectivity index (χ1) is 14.5. The summed E-state index contributed by atoms with van der Waals surface area (Å²) in [6.07, 6.45) is 0. The first-order valence-corrected chi connectivity index (χ1v) is 9.14. The summed E-state index contributed by atoms with van der Waals surface area (Å²) in [6, 6.07) is 18.1. The molecule has 1 aliphatic rings. The fraction of sp³-hybridized carbons (Fsp3) is 0.0870. The average Bonchev–Trinajstić information content (AvgIpc) is 3.04. The zero-order valence-corrected chi connectivity index (χ0v) is 16.3. The van der Waals surface area contributed by atoms with Gasteiger partial charge in [-0.3, -0.25) is 14.4 Å². The van der Waals surface area contributed by atoms with Gasteiger partial charge < -0.3 is 14.8 Å². The van der Waals surface area contributed by atoms with E-state index in [1.54, 1.807) is 66.7 Å². The predicted octanol–water partition coefficient (Wildman–Crippen LogP) is 3.76. The minimum absolute atomic E-state index is 0.347. The monoisotopic (exact) mass is 402 g/mol. The van der Waals surface area contributed by atoms with Gasteiger partial charge in [0, 0.05) is 17.3 Å². The number of ether oxygens (including phenoxy) is 2. The second-order valence-electron chi connectivity index (χ2n) is 6.59. The van der Waals surface area contributed by atoms with Crippen LogP contribution in [0, 0.1) is 0 Å². The Labute approximate surface area is 172 Å². The molecule has 0 radical (unpaired) electrons. The summed E-state index contributed by atoms with van der Waals surface area (Å²) in [5, 5.41) is 2.78. The normalized spacial score (nSPS) is 12.5. The number of carbonyl (C=O) groups excluding carboxylic acids is 3. The lowest BCUT2D eigenvalue weighted by Crippen LogP contribution is -2.29. The molecule has 0 unspecified atom stereocenters. The molecule has 0 saturated carbocycles. The average molecular weight is 402 g/mol. The number of rotatable bonds is 5. The van der Waals surface area contributed by atoms with Gasteiger partial charge in [0.25, 0.3) is 17.7 Å². The van der Waals surface area contributed by atoms with Crippen LogP contribution >= 0.6 is 0 Å². The number of imide groups is 1. The summed E-state index contributed by atoms with van der Waals surface area (Å²) in [7, 11) is 3.02. The Balaban J connectivity index is 1.53. The van der Waals surface area contributed by atoms with E-state index >= 15 is 0 Å². The minimum Gasteiger partial charge on any atom is -0.497 e. The zero-order chi connectivity index (χ0) is 21.3. The Bertz CT molecular complexity index is 1100. The molecule has 0 bridgehead atoms. The molecular weight excluding hydrogens is 384 g/mol. The molecule has 3 amide bonds. The maximum absolute atomic E-state index is 12.6. The highest BCUT2D eigenvalue weighted by Crippen LogP contribution is 2.29. The van der Waals surface area contributed by atoms with Gasteiger partial charge in [-0.1, -0.05) is 12.1 Å². The standard InChI is InChI=1S/C23H18N2O5/c1-29-17-11-14(12-18(13-17)30-2)21(26)24-15-7-9-16(10-8-15)25-22(27)19-5-3-4-6-20(19)23(25)28/h3-13H,1-2H3,(H,24,26). The summed E-state index contributed by atoms with van der Waals surface area (Å²) in [4.78, 5) is 38.9. The highest BCUT2D eigenvalue weighted by molar-refractivity contribution is 6.34. The molecule has 4 rings (SSSR count). The molecule has 3 aromatic carbocycles. The van der Waals surface area contributed by atoms with E-state index in [0.29, 0.717) is 39.6 Å². The lowest BCUT2D eigenvalue weighted by Gasteiger charge is -2.15. The van der Waals surface area contributed by atoms with Crippen molar-refractivity contribution in [3.63, 3.8) is 0 Å². The van der Waals surface area contributed by atoms with Gasteiger partial charge in [0.1, 0.15) is 11.5 Å². The molecule has 0 aliphatic carbocycles. The van der Waals surface area contributed by atoms with Crippen molar-refractivity contribution in [1.29, 1.82) is 0 Å². The molecule has 150 valence electrons. The SMILES string of the molecule is COc1cc(OC)cc(C(=O)Nc2ccc(N3C(=O)c4ccccc4C3=O)cc2)c1. The van der Waals surface area contributed by atoms with E-state index in [2.05, 4.69) is 5.32 Å². The van der Waals surface area contributed by atoms with Crippen LogP contribution in [0.1, 0.15) is 31.1 Å². The third-order valence-corrected chi connectivity index (χ3v) is 4.79. The van der Waals surface area contributed by atoms with E-state index < -0.39 is 0 Å². The number of hydrogen-bond donors (Lipinski definition) is 1. The molecule has 0 fully saturated rings. The first-order valence-electron chi connectivity index (χ1n) is 9.14. The second kappa shape index (κ2) is 7.71. The molecule has 1 aliphatic heterocycles. The maximum Gasteiger partial charge on any atom is 0.266 e. The lowest BCUT2D eigenvalue weighted by atomic mass is 10.1. The lowest BCUT2D eigenvalue weighted by molar-refractivity contribution is 0.0924. The van der Waals surface area contributed by atoms with Gasteiger partial charge in [-0.25, -0.2) is 4.90 Å². The topological polar surface area (TPSA) is 84.9 Å². The predicted molar refractivity (Wildman–Crippen MR) is 112 cm³/mol. The number of amides is 3. The molecule has 0 atom stereocenters. The molecule has 7 nitrogen and oxygen atoms in total. The summed E-state index contributed by atoms with van der Waals surface area (Å²) in [6.45, 7) is 0. The minimum atomic E-state index is -0.365. The maximum atomic E-state index is 12.6. The van der Waals surface area contributed by atoms with Crippen LogP contribution in [0.2, 0.25) is 0 Å². The number of methoxy groups -OCH3 is 2. The third-order valence-electron chi connectivity index (χ3n) is 4.79. The summed E-state index contributed by atoms with van der Waals surface area (Å²) < 4.78 is 10.4. The largest absolute Gasteiger partial charge is 0.497 e. The molecule has 0 spiro atoms. The van der Waals surface area contributed by atoms with E-state index in [4.69, 9.17) is 9.47 Å². The van der Waals surface area contributed by atoms with Gasteiger partial charge in [-0.15, -0.1) is 0 Å². The van der Waals surface area contributed by atoms with Gasteiger partial charge in [0.05, 0.1) is 31.0 Å². The Hall–Kier alpha value is -4.13. The van der Waals surface area contributed by atoms with E-state index in [-0.39, 0.29) is 17.7 Å². The number of hydrogen-bond acceptors (Lipinski definition) is 5. The van der Waals surface area contributed by atoms with Crippen molar-refractivity contribution in [3.05, 3.63) is 83.4 Å². The molecular formula is C23H18N2O5. The van der Waals surface area contributed by atoms with Crippen molar-refractivity contribution in [2.24, 2.45) is 0 Å². The van der Waals surface area contributed by atoms with E-state index in [9.17, 15) is 14.4 Å². The number of carbonyl (C=O) groups is 3. The van der Waals surface area contributed by atoms with Gasteiger partial charge in [-0.2, -0.15) is 0 Å². The van der Waals surface area contributed by atoms with Crippen molar-refractivity contribution in [3.8, 4) is 11.5 Å². The first kappa shape index (κ1) is 19.2.